The van der Waals surface area contributed by atoms with Crippen LogP contribution in [-0.4, -0.2) is 36.9 Å². The van der Waals surface area contributed by atoms with E-state index in [1.54, 1.807) is 4.68 Å². The van der Waals surface area contributed by atoms with Gasteiger partial charge in [0.05, 0.1) is 21.5 Å². The van der Waals surface area contributed by atoms with Gasteiger partial charge in [-0.1, -0.05) is 29.2 Å². The Morgan fingerprint density at radius 2 is 2.17 bits per heavy atom. The van der Waals surface area contributed by atoms with Gasteiger partial charge in [-0.25, -0.2) is 9.67 Å². The van der Waals surface area contributed by atoms with Crippen LogP contribution < -0.4 is 5.32 Å². The van der Waals surface area contributed by atoms with Crippen molar-refractivity contribution in [3.8, 4) is 0 Å². The zero-order valence-electron chi connectivity index (χ0n) is 13.9. The van der Waals surface area contributed by atoms with Gasteiger partial charge in [0.15, 0.2) is 5.13 Å². The predicted octanol–water partition coefficient (Wildman–Crippen LogP) is 3.08. The molecular weight excluding hydrogens is 344 g/mol. The van der Waals surface area contributed by atoms with Crippen LogP contribution in [0.25, 0.3) is 10.2 Å². The van der Waals surface area contributed by atoms with E-state index in [4.69, 9.17) is 0 Å². The van der Waals surface area contributed by atoms with Crippen LogP contribution in [0.15, 0.2) is 23.4 Å². The number of hydrogen-bond acceptors (Lipinski definition) is 7. The number of hydrogen-bond donors (Lipinski definition) is 1. The molecule has 9 heteroatoms. The molecule has 2 heterocycles. The summed E-state index contributed by atoms with van der Waals surface area (Å²) in [4.78, 5) is 16.6. The second-order valence-electron chi connectivity index (χ2n) is 6.37. The molecule has 7 nitrogen and oxygen atoms in total. The van der Waals surface area contributed by atoms with Crippen LogP contribution in [0.4, 0.5) is 5.13 Å². The molecule has 0 saturated heterocycles. The number of carbonyl (C=O) groups excluding carboxylic acids is 1. The van der Waals surface area contributed by atoms with Gasteiger partial charge in [0, 0.05) is 0 Å². The highest BCUT2D eigenvalue weighted by molar-refractivity contribution is 7.99. The van der Waals surface area contributed by atoms with Gasteiger partial charge in [0.2, 0.25) is 11.1 Å². The zero-order valence-corrected chi connectivity index (χ0v) is 15.5. The Labute approximate surface area is 147 Å². The van der Waals surface area contributed by atoms with Crippen LogP contribution in [0.1, 0.15) is 26.3 Å². The molecule has 0 aliphatic rings. The monoisotopic (exact) mass is 362 g/mol. The summed E-state index contributed by atoms with van der Waals surface area (Å²) in [6.07, 6.45) is 0. The van der Waals surface area contributed by atoms with Crippen LogP contribution >= 0.6 is 23.1 Å². The fraction of sp³-hybridized carbons (Fsp3) is 0.400. The SMILES string of the molecule is Cc1ccc2nc(NC(=O)CSc3nnnn3C(C)(C)C)sc2c1. The standard InChI is InChI=1S/C15H18N6OS2/c1-9-5-6-10-11(7-9)24-13(16-10)17-12(22)8-23-14-18-19-20-21(14)15(2,3)4/h5-7H,8H2,1-4H3,(H,16,17,22). The molecule has 0 fully saturated rings. The summed E-state index contributed by atoms with van der Waals surface area (Å²) in [6.45, 7) is 8.07. The number of thioether (sulfide) groups is 1. The minimum atomic E-state index is -0.229. The molecule has 0 radical (unpaired) electrons. The maximum absolute atomic E-state index is 12.2. The molecule has 0 unspecified atom stereocenters. The van der Waals surface area contributed by atoms with E-state index in [9.17, 15) is 4.79 Å². The van der Waals surface area contributed by atoms with E-state index in [2.05, 4.69) is 31.9 Å². The van der Waals surface area contributed by atoms with E-state index in [1.165, 1.54) is 28.7 Å². The van der Waals surface area contributed by atoms with Gasteiger partial charge in [-0.3, -0.25) is 4.79 Å². The number of thiazole rings is 1. The van der Waals surface area contributed by atoms with Crippen LogP contribution in [0.2, 0.25) is 0 Å². The van der Waals surface area contributed by atoms with Gasteiger partial charge in [0.25, 0.3) is 0 Å². The van der Waals surface area contributed by atoms with Gasteiger partial charge < -0.3 is 5.32 Å². The average molecular weight is 362 g/mol. The van der Waals surface area contributed by atoms with Crippen molar-refractivity contribution in [2.75, 3.05) is 11.1 Å². The highest BCUT2D eigenvalue weighted by Gasteiger charge is 2.20. The van der Waals surface area contributed by atoms with E-state index < -0.39 is 0 Å². The lowest BCUT2D eigenvalue weighted by atomic mass is 10.1. The summed E-state index contributed by atoms with van der Waals surface area (Å²) in [7, 11) is 0. The molecule has 3 aromatic rings. The van der Waals surface area contributed by atoms with Crippen molar-refractivity contribution < 1.29 is 4.79 Å². The summed E-state index contributed by atoms with van der Waals surface area (Å²) < 4.78 is 2.78. The Hall–Kier alpha value is -2.00. The Kier molecular flexibility index (Phi) is 4.55. The number of tetrazole rings is 1. The minimum Gasteiger partial charge on any atom is -0.301 e. The number of nitrogens with one attached hydrogen (secondary N) is 1. The van der Waals surface area contributed by atoms with Gasteiger partial charge in [-0.2, -0.15) is 0 Å². The van der Waals surface area contributed by atoms with Crippen LogP contribution in [0.3, 0.4) is 0 Å². The van der Waals surface area contributed by atoms with Crippen molar-refractivity contribution in [2.45, 2.75) is 38.4 Å². The van der Waals surface area contributed by atoms with E-state index >= 15 is 0 Å². The number of benzene rings is 1. The molecule has 1 aromatic carbocycles. The third-order valence-electron chi connectivity index (χ3n) is 3.20. The lowest BCUT2D eigenvalue weighted by Gasteiger charge is -2.19. The molecule has 3 rings (SSSR count). The van der Waals surface area contributed by atoms with E-state index in [0.29, 0.717) is 10.3 Å². The number of rotatable bonds is 4. The highest BCUT2D eigenvalue weighted by Crippen LogP contribution is 2.27. The molecule has 1 N–H and O–H groups in total. The van der Waals surface area contributed by atoms with Crippen molar-refractivity contribution in [2.24, 2.45) is 0 Å². The lowest BCUT2D eigenvalue weighted by Crippen LogP contribution is -2.24. The number of anilines is 1. The molecule has 0 saturated carbocycles. The molecule has 0 aliphatic heterocycles. The van der Waals surface area contributed by atoms with Crippen LogP contribution in [0, 0.1) is 6.92 Å². The first-order valence-electron chi connectivity index (χ1n) is 7.41. The number of nitrogens with zero attached hydrogens (tertiary/aromatic N) is 5. The van der Waals surface area contributed by atoms with Crippen molar-refractivity contribution in [3.63, 3.8) is 0 Å². The summed E-state index contributed by atoms with van der Waals surface area (Å²) in [5.74, 6) is 0.102. The Morgan fingerprint density at radius 1 is 1.38 bits per heavy atom. The van der Waals surface area contributed by atoms with Gasteiger partial charge in [0.1, 0.15) is 0 Å². The summed E-state index contributed by atoms with van der Waals surface area (Å²) in [6, 6.07) is 6.04. The lowest BCUT2D eigenvalue weighted by molar-refractivity contribution is -0.113. The molecule has 2 aromatic heterocycles. The Bertz CT molecular complexity index is 880. The van der Waals surface area contributed by atoms with Crippen molar-refractivity contribution in [1.82, 2.24) is 25.2 Å². The normalized spacial score (nSPS) is 11.8. The number of amides is 1. The highest BCUT2D eigenvalue weighted by atomic mass is 32.2. The molecule has 126 valence electrons. The number of fused-ring (bicyclic) bond motifs is 1. The largest absolute Gasteiger partial charge is 0.301 e. The second-order valence-corrected chi connectivity index (χ2v) is 8.34. The fourth-order valence-corrected chi connectivity index (χ4v) is 3.90. The quantitative estimate of drug-likeness (QED) is 0.718. The van der Waals surface area contributed by atoms with Crippen molar-refractivity contribution in [3.05, 3.63) is 23.8 Å². The fourth-order valence-electron chi connectivity index (χ4n) is 2.06. The first kappa shape index (κ1) is 16.8. The van der Waals surface area contributed by atoms with Gasteiger partial charge in [-0.05, 0) is 55.8 Å². The molecular formula is C15H18N6OS2. The second kappa shape index (κ2) is 6.48. The maximum atomic E-state index is 12.2. The zero-order chi connectivity index (χ0) is 17.3. The topological polar surface area (TPSA) is 85.6 Å². The number of carbonyl (C=O) groups is 1. The molecule has 24 heavy (non-hydrogen) atoms. The minimum absolute atomic E-state index is 0.126. The molecule has 0 spiro atoms. The van der Waals surface area contributed by atoms with E-state index in [1.807, 2.05) is 39.8 Å². The maximum Gasteiger partial charge on any atom is 0.236 e. The van der Waals surface area contributed by atoms with Crippen molar-refractivity contribution in [1.29, 1.82) is 0 Å². The van der Waals surface area contributed by atoms with Crippen molar-refractivity contribution >= 4 is 44.4 Å². The summed E-state index contributed by atoms with van der Waals surface area (Å²) >= 11 is 2.78. The number of aromatic nitrogens is 5. The first-order chi connectivity index (χ1) is 11.3. The predicted molar refractivity (Wildman–Crippen MR) is 96.5 cm³/mol. The first-order valence-corrected chi connectivity index (χ1v) is 9.22. The van der Waals surface area contributed by atoms with Crippen LogP contribution in [0.5, 0.6) is 0 Å². The molecule has 0 atom stereocenters. The number of aryl methyl sites for hydroxylation is 1. The van der Waals surface area contributed by atoms with E-state index in [-0.39, 0.29) is 17.2 Å². The van der Waals surface area contributed by atoms with E-state index in [0.717, 1.165) is 10.2 Å². The molecule has 1 amide bonds. The summed E-state index contributed by atoms with van der Waals surface area (Å²) in [5, 5.41) is 15.7. The van der Waals surface area contributed by atoms with Gasteiger partial charge >= 0.3 is 0 Å². The smallest absolute Gasteiger partial charge is 0.236 e. The Morgan fingerprint density at radius 3 is 2.92 bits per heavy atom. The van der Waals surface area contributed by atoms with Crippen LogP contribution in [-0.2, 0) is 10.3 Å². The molecule has 0 bridgehead atoms. The average Bonchev–Trinajstić information content (AvgIpc) is 3.10. The summed E-state index contributed by atoms with van der Waals surface area (Å²) in [5.41, 5.74) is 1.84. The third-order valence-corrected chi connectivity index (χ3v) is 5.05. The van der Waals surface area contributed by atoms with Gasteiger partial charge in [-0.15, -0.1) is 5.10 Å². The Balaban J connectivity index is 1.64. The third kappa shape index (κ3) is 3.73. The molecule has 0 aliphatic carbocycles.